The van der Waals surface area contributed by atoms with Crippen LogP contribution in [-0.2, 0) is 9.53 Å². The zero-order chi connectivity index (χ0) is 23.3. The van der Waals surface area contributed by atoms with Crippen molar-refractivity contribution in [2.24, 2.45) is 0 Å². The quantitative estimate of drug-likeness (QED) is 0.295. The molecule has 0 aliphatic rings. The summed E-state index contributed by atoms with van der Waals surface area (Å²) in [5.74, 6) is 1.25. The highest BCUT2D eigenvalue weighted by Gasteiger charge is 2.30. The summed E-state index contributed by atoms with van der Waals surface area (Å²) in [7, 11) is 0. The third kappa shape index (κ3) is 5.63. The Balaban J connectivity index is 1.64. The highest BCUT2D eigenvalue weighted by molar-refractivity contribution is 5.85. The van der Waals surface area contributed by atoms with Gasteiger partial charge in [0.15, 0.2) is 11.4 Å². The molecule has 3 rings (SSSR count). The number of hydrogen-bond acceptors (Lipinski definition) is 6. The van der Waals surface area contributed by atoms with Gasteiger partial charge in [0.1, 0.15) is 5.76 Å². The lowest BCUT2D eigenvalue weighted by Crippen LogP contribution is -2.46. The Bertz CT molecular complexity index is 1170. The van der Waals surface area contributed by atoms with Crippen molar-refractivity contribution in [1.29, 1.82) is 0 Å². The molecule has 168 valence electrons. The molecule has 0 aliphatic carbocycles. The average molecular weight is 436 g/mol. The Morgan fingerprint density at radius 3 is 2.75 bits per heavy atom. The number of nitrogens with one attached hydrogen (secondary N) is 4. The molecule has 0 spiro atoms. The summed E-state index contributed by atoms with van der Waals surface area (Å²) in [5, 5.41) is 22.4. The maximum absolute atomic E-state index is 12.3. The second kappa shape index (κ2) is 9.51. The molecule has 3 aromatic rings. The molecule has 32 heavy (non-hydrogen) atoms. The van der Waals surface area contributed by atoms with Crippen LogP contribution < -0.4 is 10.6 Å². The van der Waals surface area contributed by atoms with Gasteiger partial charge in [-0.1, -0.05) is 12.7 Å². The van der Waals surface area contributed by atoms with Crippen molar-refractivity contribution in [3.05, 3.63) is 60.8 Å². The van der Waals surface area contributed by atoms with E-state index < -0.39 is 5.60 Å². The van der Waals surface area contributed by atoms with E-state index in [9.17, 15) is 4.79 Å². The van der Waals surface area contributed by atoms with E-state index in [1.54, 1.807) is 32.2 Å². The number of rotatable bonds is 9. The number of benzene rings is 1. The van der Waals surface area contributed by atoms with Crippen LogP contribution >= 0.6 is 0 Å². The first-order valence-electron chi connectivity index (χ1n) is 10.3. The molecule has 2 heterocycles. The summed E-state index contributed by atoms with van der Waals surface area (Å²) in [6.45, 7) is 13.0. The molecule has 0 aliphatic heterocycles. The highest BCUT2D eigenvalue weighted by atomic mass is 16.5. The fourth-order valence-corrected chi connectivity index (χ4v) is 2.94. The lowest BCUT2D eigenvalue weighted by molar-refractivity contribution is -0.138. The van der Waals surface area contributed by atoms with Crippen molar-refractivity contribution in [2.75, 3.05) is 5.32 Å². The molecule has 9 heteroatoms. The van der Waals surface area contributed by atoms with Crippen molar-refractivity contribution in [3.8, 4) is 0 Å². The molecule has 4 N–H and O–H groups in total. The second-order valence-electron chi connectivity index (χ2n) is 8.10. The Morgan fingerprint density at radius 1 is 1.25 bits per heavy atom. The van der Waals surface area contributed by atoms with E-state index in [0.717, 1.165) is 22.2 Å². The van der Waals surface area contributed by atoms with Gasteiger partial charge in [0.2, 0.25) is 5.95 Å². The zero-order valence-corrected chi connectivity index (χ0v) is 19.0. The number of H-pyrrole nitrogens is 2. The number of amides is 1. The van der Waals surface area contributed by atoms with Crippen LogP contribution in [0.25, 0.3) is 16.5 Å². The topological polar surface area (TPSA) is 121 Å². The van der Waals surface area contributed by atoms with Crippen molar-refractivity contribution >= 4 is 34.0 Å². The van der Waals surface area contributed by atoms with Crippen LogP contribution in [0, 0.1) is 0 Å². The first-order valence-corrected chi connectivity index (χ1v) is 10.3. The Hall–Kier alpha value is -3.88. The van der Waals surface area contributed by atoms with Gasteiger partial charge in [0.25, 0.3) is 5.91 Å². The molecule has 0 radical (unpaired) electrons. The first-order chi connectivity index (χ1) is 15.2. The van der Waals surface area contributed by atoms with E-state index in [0.29, 0.717) is 17.5 Å². The van der Waals surface area contributed by atoms with E-state index in [2.05, 4.69) is 42.6 Å². The van der Waals surface area contributed by atoms with Gasteiger partial charge in [-0.3, -0.25) is 9.89 Å². The summed E-state index contributed by atoms with van der Waals surface area (Å²) in [5.41, 5.74) is 1.58. The molecule has 0 atom stereocenters. The number of allylic oxidation sites excluding steroid dienone is 4. The first kappa shape index (κ1) is 22.8. The Morgan fingerprint density at radius 2 is 2.03 bits per heavy atom. The molecular formula is C23H29N7O2. The molecule has 0 saturated carbocycles. The average Bonchev–Trinajstić information content (AvgIpc) is 3.37. The van der Waals surface area contributed by atoms with Crippen LogP contribution in [0.5, 0.6) is 0 Å². The molecule has 1 aromatic carbocycles. The fourth-order valence-electron chi connectivity index (χ4n) is 2.94. The molecule has 9 nitrogen and oxygen atoms in total. The molecule has 0 fully saturated rings. The maximum atomic E-state index is 12.3. The standard InChI is InChI=1S/C23H29N7O2/c1-7-16(9-8-15(4)32-23(5,6)21(31)25-14(2)3)20-27-22(30-29-20)26-18-10-11-19-17(12-18)13-24-28-19/h7-14H,4H2,1-3,5-6H3,(H,24,28)(H,25,31)(H2,26,27,29,30)/b9-8-,16-7+. The number of fused-ring (bicyclic) bond motifs is 1. The summed E-state index contributed by atoms with van der Waals surface area (Å²) >= 11 is 0. The van der Waals surface area contributed by atoms with E-state index in [-0.39, 0.29) is 11.9 Å². The maximum Gasteiger partial charge on any atom is 0.263 e. The minimum atomic E-state index is -1.04. The minimum Gasteiger partial charge on any atom is -0.479 e. The van der Waals surface area contributed by atoms with Gasteiger partial charge in [0.05, 0.1) is 11.7 Å². The largest absolute Gasteiger partial charge is 0.479 e. The van der Waals surface area contributed by atoms with Crippen LogP contribution in [0.15, 0.2) is 55.0 Å². The van der Waals surface area contributed by atoms with Gasteiger partial charge in [0, 0.05) is 22.7 Å². The summed E-state index contributed by atoms with van der Waals surface area (Å²) in [4.78, 5) is 15.4. The van der Waals surface area contributed by atoms with Gasteiger partial charge in [-0.25, -0.2) is 0 Å². The summed E-state index contributed by atoms with van der Waals surface area (Å²) < 4.78 is 5.76. The van der Waals surface area contributed by atoms with Crippen LogP contribution in [0.1, 0.15) is 40.4 Å². The van der Waals surface area contributed by atoms with Gasteiger partial charge < -0.3 is 20.4 Å². The number of ether oxygens (including phenoxy) is 1. The van der Waals surface area contributed by atoms with Gasteiger partial charge in [-0.05, 0) is 65.0 Å². The van der Waals surface area contributed by atoms with Gasteiger partial charge >= 0.3 is 0 Å². The molecular weight excluding hydrogens is 406 g/mol. The van der Waals surface area contributed by atoms with Crippen LogP contribution in [-0.4, -0.2) is 42.9 Å². The molecule has 2 aromatic heterocycles. The van der Waals surface area contributed by atoms with Crippen LogP contribution in [0.3, 0.4) is 0 Å². The number of hydrogen-bond donors (Lipinski definition) is 4. The molecule has 1 amide bonds. The van der Waals surface area contributed by atoms with E-state index in [1.807, 2.05) is 45.0 Å². The monoisotopic (exact) mass is 435 g/mol. The minimum absolute atomic E-state index is 0.0275. The number of carbonyl (C=O) groups excluding carboxylic acids is 1. The number of aromatic nitrogens is 5. The fraction of sp³-hybridized carbons (Fsp3) is 0.304. The number of aromatic amines is 2. The second-order valence-corrected chi connectivity index (χ2v) is 8.10. The van der Waals surface area contributed by atoms with Crippen molar-refractivity contribution < 1.29 is 9.53 Å². The number of nitrogens with zero attached hydrogens (tertiary/aromatic N) is 3. The van der Waals surface area contributed by atoms with Crippen molar-refractivity contribution in [1.82, 2.24) is 30.7 Å². The van der Waals surface area contributed by atoms with E-state index in [4.69, 9.17) is 4.74 Å². The van der Waals surface area contributed by atoms with Crippen LogP contribution in [0.4, 0.5) is 11.6 Å². The predicted molar refractivity (Wildman–Crippen MR) is 126 cm³/mol. The van der Waals surface area contributed by atoms with Crippen molar-refractivity contribution in [2.45, 2.75) is 46.3 Å². The van der Waals surface area contributed by atoms with Crippen LogP contribution in [0.2, 0.25) is 0 Å². The number of carbonyl (C=O) groups is 1. The molecule has 0 saturated heterocycles. The molecule has 0 unspecified atom stereocenters. The smallest absolute Gasteiger partial charge is 0.263 e. The third-order valence-corrected chi connectivity index (χ3v) is 4.58. The number of anilines is 2. The third-order valence-electron chi connectivity index (χ3n) is 4.58. The summed E-state index contributed by atoms with van der Waals surface area (Å²) in [6.07, 6.45) is 7.16. The van der Waals surface area contributed by atoms with Gasteiger partial charge in [-0.15, -0.1) is 10.2 Å². The highest BCUT2D eigenvalue weighted by Crippen LogP contribution is 2.21. The van der Waals surface area contributed by atoms with E-state index in [1.165, 1.54) is 0 Å². The summed E-state index contributed by atoms with van der Waals surface area (Å²) in [6, 6.07) is 5.87. The normalized spacial score (nSPS) is 12.5. The predicted octanol–water partition coefficient (Wildman–Crippen LogP) is 4.22. The SMILES string of the molecule is C=C(/C=C\C(=C/C)c1nnc(Nc2ccc3[nH]ncc3c2)[nH]1)OC(C)(C)C(=O)NC(C)C. The Labute approximate surface area is 187 Å². The lowest BCUT2D eigenvalue weighted by Gasteiger charge is -2.26. The lowest BCUT2D eigenvalue weighted by atomic mass is 10.1. The zero-order valence-electron chi connectivity index (χ0n) is 19.0. The Kier molecular flexibility index (Phi) is 6.77. The van der Waals surface area contributed by atoms with Crippen molar-refractivity contribution in [3.63, 3.8) is 0 Å². The van der Waals surface area contributed by atoms with Gasteiger partial charge in [-0.2, -0.15) is 5.10 Å². The molecule has 0 bridgehead atoms. The van der Waals surface area contributed by atoms with E-state index >= 15 is 0 Å².